The lowest BCUT2D eigenvalue weighted by atomic mass is 10.2. The van der Waals surface area contributed by atoms with Gasteiger partial charge in [0.05, 0.1) is 18.1 Å². The van der Waals surface area contributed by atoms with Crippen molar-refractivity contribution in [3.8, 4) is 11.8 Å². The van der Waals surface area contributed by atoms with E-state index in [1.54, 1.807) is 0 Å². The monoisotopic (exact) mass is 311 g/mol. The van der Waals surface area contributed by atoms with Gasteiger partial charge >= 0.3 is 0 Å². The molecule has 0 aromatic heterocycles. The molecule has 1 aromatic rings. The van der Waals surface area contributed by atoms with E-state index in [4.69, 9.17) is 10.00 Å². The van der Waals surface area contributed by atoms with Crippen LogP contribution >= 0.6 is 0 Å². The van der Waals surface area contributed by atoms with Gasteiger partial charge in [0.1, 0.15) is 16.7 Å². The van der Waals surface area contributed by atoms with Crippen molar-refractivity contribution in [3.05, 3.63) is 28.3 Å². The number of nitriles is 1. The smallest absolute Gasteiger partial charge is 0.271 e. The Balaban J connectivity index is 2.40. The summed E-state index contributed by atoms with van der Waals surface area (Å²) in [5, 5.41) is 19.8. The zero-order chi connectivity index (χ0) is 15.6. The molecule has 112 valence electrons. The van der Waals surface area contributed by atoms with E-state index in [0.717, 1.165) is 25.0 Å². The maximum atomic E-state index is 12.3. The fraction of sp³-hybridized carbons (Fsp3) is 0.417. The van der Waals surface area contributed by atoms with Crippen LogP contribution in [0.2, 0.25) is 0 Å². The van der Waals surface area contributed by atoms with Gasteiger partial charge in [-0.3, -0.25) is 10.1 Å². The minimum Gasteiger partial charge on any atom is -0.495 e. The molecule has 1 aliphatic rings. The zero-order valence-electron chi connectivity index (χ0n) is 11.1. The Kier molecular flexibility index (Phi) is 4.11. The summed E-state index contributed by atoms with van der Waals surface area (Å²) in [4.78, 5) is 9.73. The SMILES string of the molecule is COc1ccc([N+](=O)[O-])cc1S(=O)(=O)NC(C#N)C1CC1. The molecule has 1 unspecified atom stereocenters. The van der Waals surface area contributed by atoms with Crippen LogP contribution < -0.4 is 9.46 Å². The van der Waals surface area contributed by atoms with E-state index in [2.05, 4.69) is 4.72 Å². The second kappa shape index (κ2) is 5.67. The van der Waals surface area contributed by atoms with Gasteiger partial charge in [-0.25, -0.2) is 8.42 Å². The molecule has 1 fully saturated rings. The normalized spacial score (nSPS) is 16.0. The number of methoxy groups -OCH3 is 1. The third kappa shape index (κ3) is 3.29. The van der Waals surface area contributed by atoms with Gasteiger partial charge in [0, 0.05) is 12.1 Å². The van der Waals surface area contributed by atoms with Gasteiger partial charge in [0.25, 0.3) is 5.69 Å². The first-order valence-corrected chi connectivity index (χ1v) is 7.61. The predicted molar refractivity (Wildman–Crippen MR) is 72.1 cm³/mol. The van der Waals surface area contributed by atoms with Crippen LogP contribution in [0.25, 0.3) is 0 Å². The molecular weight excluding hydrogens is 298 g/mol. The summed E-state index contributed by atoms with van der Waals surface area (Å²) in [5.41, 5.74) is -0.365. The van der Waals surface area contributed by atoms with E-state index >= 15 is 0 Å². The number of sulfonamides is 1. The Morgan fingerprint density at radius 3 is 2.67 bits per heavy atom. The quantitative estimate of drug-likeness (QED) is 0.621. The van der Waals surface area contributed by atoms with Gasteiger partial charge in [0.2, 0.25) is 10.0 Å². The molecule has 21 heavy (non-hydrogen) atoms. The van der Waals surface area contributed by atoms with E-state index in [9.17, 15) is 18.5 Å². The Bertz CT molecular complexity index is 706. The van der Waals surface area contributed by atoms with Crippen LogP contribution in [0.4, 0.5) is 5.69 Å². The summed E-state index contributed by atoms with van der Waals surface area (Å²) in [7, 11) is -2.81. The minimum atomic E-state index is -4.08. The lowest BCUT2D eigenvalue weighted by Gasteiger charge is -2.13. The van der Waals surface area contributed by atoms with Crippen LogP contribution in [-0.4, -0.2) is 26.5 Å². The van der Waals surface area contributed by atoms with Crippen molar-refractivity contribution in [3.63, 3.8) is 0 Å². The molecule has 1 aliphatic carbocycles. The van der Waals surface area contributed by atoms with Gasteiger partial charge < -0.3 is 4.74 Å². The lowest BCUT2D eigenvalue weighted by molar-refractivity contribution is -0.385. The van der Waals surface area contributed by atoms with Crippen LogP contribution in [0.5, 0.6) is 5.75 Å². The number of ether oxygens (including phenoxy) is 1. The average molecular weight is 311 g/mol. The maximum absolute atomic E-state index is 12.3. The minimum absolute atomic E-state index is 0.00512. The summed E-state index contributed by atoms with van der Waals surface area (Å²) in [6, 6.07) is 4.35. The molecule has 2 rings (SSSR count). The van der Waals surface area contributed by atoms with Gasteiger partial charge in [-0.2, -0.15) is 9.98 Å². The van der Waals surface area contributed by atoms with Crippen molar-refractivity contribution >= 4 is 15.7 Å². The topological polar surface area (TPSA) is 122 Å². The number of nitrogens with one attached hydrogen (secondary N) is 1. The summed E-state index contributed by atoms with van der Waals surface area (Å²) in [6.45, 7) is 0. The molecule has 1 N–H and O–H groups in total. The number of rotatable bonds is 6. The zero-order valence-corrected chi connectivity index (χ0v) is 12.0. The molecule has 9 heteroatoms. The Labute approximate surface area is 121 Å². The van der Waals surface area contributed by atoms with Crippen molar-refractivity contribution in [2.24, 2.45) is 5.92 Å². The van der Waals surface area contributed by atoms with Crippen LogP contribution in [-0.2, 0) is 10.0 Å². The first-order chi connectivity index (χ1) is 9.89. The second-order valence-electron chi connectivity index (χ2n) is 4.66. The first-order valence-electron chi connectivity index (χ1n) is 6.13. The first kappa shape index (κ1) is 15.2. The molecule has 0 heterocycles. The van der Waals surface area contributed by atoms with Gasteiger partial charge in [-0.15, -0.1) is 0 Å². The number of nitrogens with zero attached hydrogens (tertiary/aromatic N) is 2. The third-order valence-corrected chi connectivity index (χ3v) is 4.62. The van der Waals surface area contributed by atoms with Gasteiger partial charge in [0.15, 0.2) is 0 Å². The largest absolute Gasteiger partial charge is 0.495 e. The van der Waals surface area contributed by atoms with Crippen molar-refractivity contribution in [1.82, 2.24) is 4.72 Å². The highest BCUT2D eigenvalue weighted by atomic mass is 32.2. The van der Waals surface area contributed by atoms with Crippen molar-refractivity contribution in [2.75, 3.05) is 7.11 Å². The highest BCUT2D eigenvalue weighted by molar-refractivity contribution is 7.89. The molecule has 1 atom stereocenters. The number of hydrogen-bond donors (Lipinski definition) is 1. The van der Waals surface area contributed by atoms with E-state index < -0.39 is 21.0 Å². The van der Waals surface area contributed by atoms with Crippen LogP contribution in [0.15, 0.2) is 23.1 Å². The Morgan fingerprint density at radius 2 is 2.19 bits per heavy atom. The van der Waals surface area contributed by atoms with Crippen LogP contribution in [0.3, 0.4) is 0 Å². The molecule has 1 aromatic carbocycles. The third-order valence-electron chi connectivity index (χ3n) is 3.16. The highest BCUT2D eigenvalue weighted by Gasteiger charge is 2.35. The van der Waals surface area contributed by atoms with Crippen molar-refractivity contribution in [1.29, 1.82) is 5.26 Å². The Morgan fingerprint density at radius 1 is 1.52 bits per heavy atom. The number of benzene rings is 1. The average Bonchev–Trinajstić information content (AvgIpc) is 3.28. The number of nitro benzene ring substituents is 1. The molecule has 0 bridgehead atoms. The van der Waals surface area contributed by atoms with Gasteiger partial charge in [-0.1, -0.05) is 0 Å². The Hall–Kier alpha value is -2.18. The van der Waals surface area contributed by atoms with Gasteiger partial charge in [-0.05, 0) is 24.8 Å². The maximum Gasteiger partial charge on any atom is 0.271 e. The van der Waals surface area contributed by atoms with Crippen molar-refractivity contribution in [2.45, 2.75) is 23.8 Å². The number of non-ortho nitro benzene ring substituents is 1. The number of nitro groups is 1. The molecule has 0 saturated heterocycles. The number of hydrogen-bond acceptors (Lipinski definition) is 6. The van der Waals surface area contributed by atoms with E-state index in [1.807, 2.05) is 6.07 Å². The van der Waals surface area contributed by atoms with E-state index in [0.29, 0.717) is 0 Å². The fourth-order valence-corrected chi connectivity index (χ4v) is 3.28. The molecule has 0 spiro atoms. The van der Waals surface area contributed by atoms with Crippen LogP contribution in [0, 0.1) is 27.4 Å². The molecule has 8 nitrogen and oxygen atoms in total. The summed E-state index contributed by atoms with van der Waals surface area (Å²) < 4.78 is 31.9. The fourth-order valence-electron chi connectivity index (χ4n) is 1.88. The second-order valence-corrected chi connectivity index (χ2v) is 6.34. The van der Waals surface area contributed by atoms with E-state index in [1.165, 1.54) is 13.2 Å². The molecule has 0 radical (unpaired) electrons. The summed E-state index contributed by atoms with van der Waals surface area (Å²) in [6.07, 6.45) is 1.57. The van der Waals surface area contributed by atoms with Crippen LogP contribution in [0.1, 0.15) is 12.8 Å². The highest BCUT2D eigenvalue weighted by Crippen LogP contribution is 2.34. The van der Waals surface area contributed by atoms with Crippen molar-refractivity contribution < 1.29 is 18.1 Å². The molecule has 0 amide bonds. The lowest BCUT2D eigenvalue weighted by Crippen LogP contribution is -2.35. The predicted octanol–water partition coefficient (Wildman–Crippen LogP) is 1.18. The summed E-state index contributed by atoms with van der Waals surface area (Å²) in [5.74, 6) is -0.0185. The molecular formula is C12H13N3O5S. The standard InChI is InChI=1S/C12H13N3O5S/c1-20-11-5-4-9(15(16)17)6-12(11)21(18,19)14-10(7-13)8-2-3-8/h4-6,8,10,14H,2-3H2,1H3. The van der Waals surface area contributed by atoms with E-state index in [-0.39, 0.29) is 22.3 Å². The molecule has 1 saturated carbocycles. The summed E-state index contributed by atoms with van der Waals surface area (Å²) >= 11 is 0. The molecule has 0 aliphatic heterocycles.